The van der Waals surface area contributed by atoms with Gasteiger partial charge >= 0.3 is 0 Å². The van der Waals surface area contributed by atoms with Crippen molar-refractivity contribution in [2.75, 3.05) is 18.9 Å². The van der Waals surface area contributed by atoms with Gasteiger partial charge in [-0.3, -0.25) is 4.79 Å². The van der Waals surface area contributed by atoms with Crippen LogP contribution in [0.15, 0.2) is 29.1 Å². The molecule has 0 aliphatic carbocycles. The van der Waals surface area contributed by atoms with Gasteiger partial charge in [-0.15, -0.1) is 11.3 Å². The number of thiophene rings is 1. The van der Waals surface area contributed by atoms with Crippen LogP contribution in [0.4, 0.5) is 0 Å². The fourth-order valence-corrected chi connectivity index (χ4v) is 4.76. The molecule has 3 heterocycles. The van der Waals surface area contributed by atoms with Crippen LogP contribution in [0.2, 0.25) is 0 Å². The summed E-state index contributed by atoms with van der Waals surface area (Å²) in [5.74, 6) is 6.65. The van der Waals surface area contributed by atoms with Crippen molar-refractivity contribution in [2.24, 2.45) is 0 Å². The molecule has 6 heteroatoms. The minimum absolute atomic E-state index is 0.131. The number of benzene rings is 1. The zero-order chi connectivity index (χ0) is 16.8. The Hall–Kier alpha value is -2.18. The van der Waals surface area contributed by atoms with Crippen molar-refractivity contribution < 1.29 is 4.90 Å². The van der Waals surface area contributed by atoms with Crippen LogP contribution in [0.1, 0.15) is 22.9 Å². The van der Waals surface area contributed by atoms with Gasteiger partial charge in [-0.05, 0) is 25.5 Å². The van der Waals surface area contributed by atoms with Gasteiger partial charge in [0.15, 0.2) is 5.82 Å². The molecule has 0 radical (unpaired) electrons. The Bertz CT molecular complexity index is 989. The van der Waals surface area contributed by atoms with E-state index in [2.05, 4.69) is 6.92 Å². The summed E-state index contributed by atoms with van der Waals surface area (Å²) in [5.41, 5.74) is 3.03. The second-order valence-electron chi connectivity index (χ2n) is 6.44. The first kappa shape index (κ1) is 15.4. The maximum absolute atomic E-state index is 12.9. The van der Waals surface area contributed by atoms with Crippen LogP contribution >= 0.6 is 11.3 Å². The number of hydrogen-bond acceptors (Lipinski definition) is 4. The predicted molar refractivity (Wildman–Crippen MR) is 98.0 cm³/mol. The van der Waals surface area contributed by atoms with Gasteiger partial charge in [0.1, 0.15) is 11.4 Å². The highest BCUT2D eigenvalue weighted by atomic mass is 32.1. The van der Waals surface area contributed by atoms with E-state index in [1.807, 2.05) is 31.2 Å². The van der Waals surface area contributed by atoms with Gasteiger partial charge in [0.05, 0.1) is 23.4 Å². The summed E-state index contributed by atoms with van der Waals surface area (Å²) in [6, 6.07) is 7.93. The van der Waals surface area contributed by atoms with E-state index in [9.17, 15) is 4.79 Å². The number of aryl methyl sites for hydroxylation is 1. The third kappa shape index (κ3) is 2.34. The van der Waals surface area contributed by atoms with Crippen LogP contribution in [-0.4, -0.2) is 22.7 Å². The molecule has 24 heavy (non-hydrogen) atoms. The number of fused-ring (bicyclic) bond motifs is 3. The molecule has 3 aromatic rings. The molecular formula is C18H21N4OS+. The summed E-state index contributed by atoms with van der Waals surface area (Å²) in [6.07, 6.45) is 0.930. The number of nitrogens with one attached hydrogen (secondary N) is 1. The zero-order valence-electron chi connectivity index (χ0n) is 13.9. The van der Waals surface area contributed by atoms with Gasteiger partial charge < -0.3 is 10.7 Å². The molecule has 1 aliphatic heterocycles. The maximum Gasteiger partial charge on any atom is 0.281 e. The zero-order valence-corrected chi connectivity index (χ0v) is 14.7. The van der Waals surface area contributed by atoms with Crippen molar-refractivity contribution in [1.82, 2.24) is 9.66 Å². The van der Waals surface area contributed by atoms with Crippen LogP contribution in [0, 0.1) is 6.92 Å². The van der Waals surface area contributed by atoms with E-state index in [1.54, 1.807) is 16.2 Å². The van der Waals surface area contributed by atoms with E-state index in [0.29, 0.717) is 5.82 Å². The van der Waals surface area contributed by atoms with Crippen LogP contribution in [-0.2, 0) is 13.0 Å². The third-order valence-electron chi connectivity index (χ3n) is 4.86. The van der Waals surface area contributed by atoms with Gasteiger partial charge in [0.2, 0.25) is 0 Å². The molecule has 0 spiro atoms. The lowest BCUT2D eigenvalue weighted by Crippen LogP contribution is -3.11. The molecular weight excluding hydrogens is 320 g/mol. The average Bonchev–Trinajstić information content (AvgIpc) is 2.95. The lowest BCUT2D eigenvalue weighted by molar-refractivity contribution is -0.913. The molecule has 0 saturated heterocycles. The van der Waals surface area contributed by atoms with Crippen molar-refractivity contribution in [1.29, 1.82) is 0 Å². The number of likely N-dealkylation sites (N-methyl/N-ethyl adjacent to an activating group) is 1. The quantitative estimate of drug-likeness (QED) is 0.686. The fourth-order valence-electron chi connectivity index (χ4n) is 3.48. The minimum atomic E-state index is -0.131. The van der Waals surface area contributed by atoms with Gasteiger partial charge in [-0.2, -0.15) is 0 Å². The van der Waals surface area contributed by atoms with E-state index >= 15 is 0 Å². The van der Waals surface area contributed by atoms with Crippen molar-refractivity contribution in [3.05, 3.63) is 50.6 Å². The number of hydrogen-bond donors (Lipinski definition) is 2. The van der Waals surface area contributed by atoms with Gasteiger partial charge in [0.25, 0.3) is 5.56 Å². The Balaban J connectivity index is 1.94. The van der Waals surface area contributed by atoms with Gasteiger partial charge in [-0.1, -0.05) is 23.8 Å². The lowest BCUT2D eigenvalue weighted by atomic mass is 10.1. The Labute approximate surface area is 144 Å². The largest absolute Gasteiger partial charge is 0.334 e. The number of nitrogens with zero attached hydrogens (tertiary/aromatic N) is 2. The monoisotopic (exact) mass is 341 g/mol. The molecule has 1 atom stereocenters. The van der Waals surface area contributed by atoms with Gasteiger partial charge in [0, 0.05) is 12.0 Å². The highest BCUT2D eigenvalue weighted by Gasteiger charge is 2.26. The van der Waals surface area contributed by atoms with Crippen molar-refractivity contribution in [3.8, 4) is 11.4 Å². The Kier molecular flexibility index (Phi) is 3.66. The number of quaternary nitrogens is 1. The molecule has 1 aromatic carbocycles. The maximum atomic E-state index is 12.9. The standard InChI is InChI=1S/C18H20N4OS/c1-3-21-8-7-13-14(10-21)24-17-15(13)18(23)22(19)16(20-17)12-6-4-5-11(2)9-12/h4-6,9H,3,7-8,10,19H2,1-2H3/p+1. The smallest absolute Gasteiger partial charge is 0.281 e. The fraction of sp³-hybridized carbons (Fsp3) is 0.333. The molecule has 3 N–H and O–H groups in total. The van der Waals surface area contributed by atoms with Crippen LogP contribution in [0.25, 0.3) is 21.6 Å². The average molecular weight is 341 g/mol. The highest BCUT2D eigenvalue weighted by Crippen LogP contribution is 2.30. The van der Waals surface area contributed by atoms with E-state index in [4.69, 9.17) is 10.8 Å². The molecule has 1 aliphatic rings. The summed E-state index contributed by atoms with van der Waals surface area (Å²) < 4.78 is 1.21. The number of rotatable bonds is 2. The Morgan fingerprint density at radius 1 is 1.42 bits per heavy atom. The topological polar surface area (TPSA) is 65.3 Å². The number of nitrogens with two attached hydrogens (primary N) is 1. The lowest BCUT2D eigenvalue weighted by Gasteiger charge is -2.22. The van der Waals surface area contributed by atoms with E-state index < -0.39 is 0 Å². The molecule has 5 nitrogen and oxygen atoms in total. The molecule has 2 aromatic heterocycles. The summed E-state index contributed by atoms with van der Waals surface area (Å²) in [6.45, 7) is 7.38. The van der Waals surface area contributed by atoms with Crippen molar-refractivity contribution in [2.45, 2.75) is 26.8 Å². The first-order chi connectivity index (χ1) is 11.6. The molecule has 124 valence electrons. The first-order valence-electron chi connectivity index (χ1n) is 8.31. The molecule has 0 amide bonds. The summed E-state index contributed by atoms with van der Waals surface area (Å²) in [7, 11) is 0. The molecule has 4 rings (SSSR count). The number of aromatic nitrogens is 2. The van der Waals surface area contributed by atoms with Crippen molar-refractivity contribution in [3.63, 3.8) is 0 Å². The summed E-state index contributed by atoms with van der Waals surface area (Å²) in [4.78, 5) is 21.3. The SMILES string of the molecule is CC[NH+]1CCc2c(sc3nc(-c4cccc(C)c4)n(N)c(=O)c23)C1. The van der Waals surface area contributed by atoms with Crippen LogP contribution in [0.3, 0.4) is 0 Å². The predicted octanol–water partition coefficient (Wildman–Crippen LogP) is 1.11. The molecule has 0 saturated carbocycles. The first-order valence-corrected chi connectivity index (χ1v) is 9.13. The van der Waals surface area contributed by atoms with Crippen LogP contribution in [0.5, 0.6) is 0 Å². The van der Waals surface area contributed by atoms with E-state index in [-0.39, 0.29) is 5.56 Å². The summed E-state index contributed by atoms with van der Waals surface area (Å²) in [5, 5.41) is 0.726. The summed E-state index contributed by atoms with van der Waals surface area (Å²) >= 11 is 1.65. The number of nitrogen functional groups attached to an aromatic ring is 1. The third-order valence-corrected chi connectivity index (χ3v) is 5.98. The Morgan fingerprint density at radius 3 is 3.00 bits per heavy atom. The van der Waals surface area contributed by atoms with Gasteiger partial charge in [-0.25, -0.2) is 9.66 Å². The van der Waals surface area contributed by atoms with E-state index in [0.717, 1.165) is 47.4 Å². The van der Waals surface area contributed by atoms with E-state index in [1.165, 1.54) is 15.1 Å². The second kappa shape index (κ2) is 5.72. The minimum Gasteiger partial charge on any atom is -0.334 e. The second-order valence-corrected chi connectivity index (χ2v) is 7.53. The Morgan fingerprint density at radius 2 is 2.25 bits per heavy atom. The molecule has 0 bridgehead atoms. The molecule has 1 unspecified atom stereocenters. The normalized spacial score (nSPS) is 17.2. The highest BCUT2D eigenvalue weighted by molar-refractivity contribution is 7.18. The van der Waals surface area contributed by atoms with Crippen LogP contribution < -0.4 is 16.3 Å². The van der Waals surface area contributed by atoms with Crippen molar-refractivity contribution >= 4 is 21.6 Å². The molecule has 0 fully saturated rings.